The highest BCUT2D eigenvalue weighted by Crippen LogP contribution is 2.40. The number of piperidine rings is 1. The lowest BCUT2D eigenvalue weighted by molar-refractivity contribution is 0.111. The number of aliphatic imine (C=N–C) groups is 1. The van der Waals surface area contributed by atoms with Crippen molar-refractivity contribution in [1.29, 1.82) is 0 Å². The Balaban J connectivity index is 1.34. The maximum absolute atomic E-state index is 5.42. The number of likely N-dealkylation sites (tertiary alicyclic amines) is 1. The van der Waals surface area contributed by atoms with Crippen molar-refractivity contribution < 1.29 is 4.52 Å². The van der Waals surface area contributed by atoms with Crippen LogP contribution in [0.3, 0.4) is 0 Å². The monoisotopic (exact) mass is 344 g/mol. The fraction of sp³-hybridized carbons (Fsp3) is 0.722. The lowest BCUT2D eigenvalue weighted by Crippen LogP contribution is -2.46. The Morgan fingerprint density at radius 1 is 1.20 bits per heavy atom. The standard InChI is InChI=1S/C18H28N6O/c1-13-21-18(25-22-13)24-12-14-9-16(11-17(24)10-14)23-7-3-15(4-8-23)20-6-2-5-19/h2,5-6,14-17H,3-4,7-12,19H2,1H3. The van der Waals surface area contributed by atoms with Gasteiger partial charge < -0.3 is 20.1 Å². The Morgan fingerprint density at radius 3 is 2.72 bits per heavy atom. The van der Waals surface area contributed by atoms with Gasteiger partial charge in [0.05, 0.1) is 6.04 Å². The van der Waals surface area contributed by atoms with Gasteiger partial charge in [-0.3, -0.25) is 4.99 Å². The number of rotatable bonds is 4. The van der Waals surface area contributed by atoms with E-state index in [1.165, 1.54) is 25.5 Å². The molecule has 1 saturated carbocycles. The van der Waals surface area contributed by atoms with Crippen LogP contribution < -0.4 is 10.6 Å². The lowest BCUT2D eigenvalue weighted by atomic mass is 9.85. The molecule has 3 aliphatic rings. The lowest BCUT2D eigenvalue weighted by Gasteiger charge is -2.40. The van der Waals surface area contributed by atoms with E-state index in [4.69, 9.17) is 10.3 Å². The van der Waals surface area contributed by atoms with Gasteiger partial charge in [0, 0.05) is 37.9 Å². The zero-order chi connectivity index (χ0) is 17.2. The van der Waals surface area contributed by atoms with Crippen LogP contribution in [-0.4, -0.2) is 59.0 Å². The molecule has 2 bridgehead atoms. The number of allylic oxidation sites excluding steroid dienone is 1. The molecule has 3 atom stereocenters. The van der Waals surface area contributed by atoms with Crippen molar-refractivity contribution in [2.45, 2.75) is 57.2 Å². The molecule has 136 valence electrons. The van der Waals surface area contributed by atoms with E-state index in [1.54, 1.807) is 6.08 Å². The van der Waals surface area contributed by atoms with Crippen molar-refractivity contribution in [3.05, 3.63) is 18.1 Å². The minimum atomic E-state index is 0.450. The number of hydrogen-bond acceptors (Lipinski definition) is 7. The van der Waals surface area contributed by atoms with Crippen molar-refractivity contribution in [3.63, 3.8) is 0 Å². The van der Waals surface area contributed by atoms with E-state index >= 15 is 0 Å². The summed E-state index contributed by atoms with van der Waals surface area (Å²) in [6, 6.07) is 2.40. The predicted molar refractivity (Wildman–Crippen MR) is 97.7 cm³/mol. The average molecular weight is 344 g/mol. The van der Waals surface area contributed by atoms with Gasteiger partial charge >= 0.3 is 6.01 Å². The van der Waals surface area contributed by atoms with Crippen molar-refractivity contribution in [3.8, 4) is 0 Å². The summed E-state index contributed by atoms with van der Waals surface area (Å²) in [6.45, 7) is 5.25. The van der Waals surface area contributed by atoms with E-state index in [1.807, 2.05) is 13.1 Å². The van der Waals surface area contributed by atoms with Crippen LogP contribution in [0.1, 0.15) is 37.9 Å². The largest absolute Gasteiger partial charge is 0.405 e. The second-order valence-corrected chi connectivity index (χ2v) is 7.61. The van der Waals surface area contributed by atoms with Gasteiger partial charge in [-0.15, -0.1) is 0 Å². The van der Waals surface area contributed by atoms with Crippen LogP contribution in [0.15, 0.2) is 21.8 Å². The summed E-state index contributed by atoms with van der Waals surface area (Å²) in [7, 11) is 0. The third-order valence-corrected chi connectivity index (χ3v) is 5.92. The summed E-state index contributed by atoms with van der Waals surface area (Å²) in [5.41, 5.74) is 5.35. The number of nitrogens with zero attached hydrogens (tertiary/aromatic N) is 5. The highest BCUT2D eigenvalue weighted by atomic mass is 16.5. The van der Waals surface area contributed by atoms with Crippen molar-refractivity contribution in [1.82, 2.24) is 15.0 Å². The van der Waals surface area contributed by atoms with E-state index in [9.17, 15) is 0 Å². The molecule has 4 rings (SSSR count). The molecule has 1 aliphatic carbocycles. The molecule has 2 N–H and O–H groups in total. The zero-order valence-electron chi connectivity index (χ0n) is 14.9. The Hall–Kier alpha value is -1.89. The number of anilines is 1. The Bertz CT molecular complexity index is 633. The van der Waals surface area contributed by atoms with Crippen LogP contribution in [0.2, 0.25) is 0 Å². The molecule has 3 unspecified atom stereocenters. The van der Waals surface area contributed by atoms with Crippen molar-refractivity contribution in [2.75, 3.05) is 24.5 Å². The Kier molecular flexibility index (Phi) is 4.74. The summed E-state index contributed by atoms with van der Waals surface area (Å²) in [5, 5.41) is 3.96. The number of aromatic nitrogens is 2. The molecular formula is C18H28N6O. The molecule has 0 radical (unpaired) electrons. The van der Waals surface area contributed by atoms with Gasteiger partial charge in [0.25, 0.3) is 0 Å². The molecule has 2 saturated heterocycles. The normalized spacial score (nSPS) is 31.6. The fourth-order valence-electron chi connectivity index (χ4n) is 4.76. The number of fused-ring (bicyclic) bond motifs is 2. The van der Waals surface area contributed by atoms with Gasteiger partial charge in [-0.05, 0) is 57.2 Å². The number of aryl methyl sites for hydroxylation is 1. The molecule has 1 aromatic heterocycles. The van der Waals surface area contributed by atoms with E-state index in [2.05, 4.69) is 24.9 Å². The molecule has 7 heteroatoms. The van der Waals surface area contributed by atoms with Crippen LogP contribution in [0.5, 0.6) is 0 Å². The summed E-state index contributed by atoms with van der Waals surface area (Å²) < 4.78 is 5.42. The molecule has 0 spiro atoms. The smallest absolute Gasteiger partial charge is 0.324 e. The van der Waals surface area contributed by atoms with Gasteiger partial charge in [-0.25, -0.2) is 0 Å². The van der Waals surface area contributed by atoms with E-state index in [0.717, 1.165) is 44.2 Å². The first-order chi connectivity index (χ1) is 12.2. The third kappa shape index (κ3) is 3.56. The molecule has 1 aromatic rings. The molecule has 2 aliphatic heterocycles. The molecule has 7 nitrogen and oxygen atoms in total. The second kappa shape index (κ2) is 7.15. The number of nitrogens with two attached hydrogens (primary N) is 1. The van der Waals surface area contributed by atoms with E-state index in [-0.39, 0.29) is 0 Å². The fourth-order valence-corrected chi connectivity index (χ4v) is 4.76. The van der Waals surface area contributed by atoms with Crippen LogP contribution in [0, 0.1) is 12.8 Å². The first kappa shape index (κ1) is 16.6. The quantitative estimate of drug-likeness (QED) is 0.838. The summed E-state index contributed by atoms with van der Waals surface area (Å²) >= 11 is 0. The minimum absolute atomic E-state index is 0.450. The summed E-state index contributed by atoms with van der Waals surface area (Å²) in [4.78, 5) is 14.1. The van der Waals surface area contributed by atoms with Crippen LogP contribution in [0.4, 0.5) is 6.01 Å². The molecule has 25 heavy (non-hydrogen) atoms. The highest BCUT2D eigenvalue weighted by molar-refractivity contribution is 5.70. The SMILES string of the molecule is Cc1noc(N2CC3CC(N4CCC(N=CC=CN)CC4)CC2C3)n1. The van der Waals surface area contributed by atoms with Crippen LogP contribution >= 0.6 is 0 Å². The predicted octanol–water partition coefficient (Wildman–Crippen LogP) is 1.74. The van der Waals surface area contributed by atoms with Crippen molar-refractivity contribution in [2.24, 2.45) is 16.6 Å². The van der Waals surface area contributed by atoms with Crippen molar-refractivity contribution >= 4 is 12.2 Å². The van der Waals surface area contributed by atoms with E-state index in [0.29, 0.717) is 24.1 Å². The van der Waals surface area contributed by atoms with Gasteiger partial charge in [-0.1, -0.05) is 5.16 Å². The molecule has 0 aromatic carbocycles. The molecule has 0 amide bonds. The van der Waals surface area contributed by atoms with Crippen LogP contribution in [0.25, 0.3) is 0 Å². The first-order valence-corrected chi connectivity index (χ1v) is 9.44. The van der Waals surface area contributed by atoms with Gasteiger partial charge in [-0.2, -0.15) is 4.98 Å². The summed E-state index contributed by atoms with van der Waals surface area (Å²) in [6.07, 6.45) is 11.2. The average Bonchev–Trinajstić information content (AvgIpc) is 3.18. The highest BCUT2D eigenvalue weighted by Gasteiger charge is 2.43. The number of hydrogen-bond donors (Lipinski definition) is 1. The molecule has 3 heterocycles. The van der Waals surface area contributed by atoms with Gasteiger partial charge in [0.15, 0.2) is 5.82 Å². The minimum Gasteiger partial charge on any atom is -0.405 e. The second-order valence-electron chi connectivity index (χ2n) is 7.61. The summed E-state index contributed by atoms with van der Waals surface area (Å²) in [5.74, 6) is 1.47. The van der Waals surface area contributed by atoms with E-state index < -0.39 is 0 Å². The maximum Gasteiger partial charge on any atom is 0.324 e. The molecule has 3 fully saturated rings. The zero-order valence-corrected chi connectivity index (χ0v) is 14.9. The van der Waals surface area contributed by atoms with Gasteiger partial charge in [0.1, 0.15) is 0 Å². The Labute approximate surface area is 149 Å². The first-order valence-electron chi connectivity index (χ1n) is 9.44. The van der Waals surface area contributed by atoms with Crippen LogP contribution in [-0.2, 0) is 0 Å². The maximum atomic E-state index is 5.42. The Morgan fingerprint density at radius 2 is 2.00 bits per heavy atom. The topological polar surface area (TPSA) is 83.8 Å². The third-order valence-electron chi connectivity index (χ3n) is 5.92. The van der Waals surface area contributed by atoms with Gasteiger partial charge in [0.2, 0.25) is 0 Å². The molecular weight excluding hydrogens is 316 g/mol.